The van der Waals surface area contributed by atoms with Crippen molar-refractivity contribution < 1.29 is 4.74 Å². The number of rotatable bonds is 1. The molecule has 0 radical (unpaired) electrons. The minimum absolute atomic E-state index is 0.372. The van der Waals surface area contributed by atoms with Gasteiger partial charge in [0.25, 0.3) is 0 Å². The summed E-state index contributed by atoms with van der Waals surface area (Å²) < 4.78 is 5.26. The van der Waals surface area contributed by atoms with Crippen LogP contribution in [0.15, 0.2) is 18.5 Å². The highest BCUT2D eigenvalue weighted by molar-refractivity contribution is 6.33. The molecular weight excluding hydrogens is 214 g/mol. The normalized spacial score (nSPS) is 21.1. The predicted octanol–water partition coefficient (Wildman–Crippen LogP) is 1.46. The van der Waals surface area contributed by atoms with Gasteiger partial charge in [-0.2, -0.15) is 5.26 Å². The molecule has 1 saturated heterocycles. The van der Waals surface area contributed by atoms with Crippen molar-refractivity contribution in [3.8, 4) is 6.07 Å². The first-order valence-corrected chi connectivity index (χ1v) is 5.04. The second-order valence-corrected chi connectivity index (χ2v) is 3.67. The zero-order chi connectivity index (χ0) is 10.7. The lowest BCUT2D eigenvalue weighted by Crippen LogP contribution is -2.42. The second-order valence-electron chi connectivity index (χ2n) is 3.26. The molecule has 2 rings (SSSR count). The number of anilines is 1. The fourth-order valence-corrected chi connectivity index (χ4v) is 1.81. The van der Waals surface area contributed by atoms with Crippen molar-refractivity contribution in [3.63, 3.8) is 0 Å². The van der Waals surface area contributed by atoms with E-state index in [1.165, 1.54) is 0 Å². The molecule has 1 aliphatic heterocycles. The molecule has 0 bridgehead atoms. The van der Waals surface area contributed by atoms with E-state index in [1.54, 1.807) is 12.4 Å². The molecule has 0 aliphatic carbocycles. The molecule has 0 spiro atoms. The van der Waals surface area contributed by atoms with Crippen molar-refractivity contribution in [2.45, 2.75) is 6.10 Å². The molecule has 0 amide bonds. The number of pyridine rings is 1. The van der Waals surface area contributed by atoms with Crippen LogP contribution in [0.1, 0.15) is 0 Å². The Labute approximate surface area is 93.0 Å². The van der Waals surface area contributed by atoms with E-state index in [0.29, 0.717) is 18.2 Å². The van der Waals surface area contributed by atoms with Gasteiger partial charge in [0, 0.05) is 18.9 Å². The van der Waals surface area contributed by atoms with E-state index in [-0.39, 0.29) is 6.10 Å². The standard InChI is InChI=1S/C10H10ClN3O/c11-9-6-13-2-1-10(9)14-3-4-15-8(5-12)7-14/h1-2,6,8H,3-4,7H2. The highest BCUT2D eigenvalue weighted by Gasteiger charge is 2.21. The molecule has 1 aliphatic rings. The van der Waals surface area contributed by atoms with Crippen LogP contribution >= 0.6 is 11.6 Å². The van der Waals surface area contributed by atoms with Gasteiger partial charge in [-0.05, 0) is 6.07 Å². The van der Waals surface area contributed by atoms with Crippen LogP contribution in [0, 0.1) is 11.3 Å². The number of aromatic nitrogens is 1. The summed E-state index contributed by atoms with van der Waals surface area (Å²) in [7, 11) is 0. The number of hydrogen-bond donors (Lipinski definition) is 0. The van der Waals surface area contributed by atoms with Gasteiger partial charge in [0.15, 0.2) is 6.10 Å². The van der Waals surface area contributed by atoms with E-state index < -0.39 is 0 Å². The van der Waals surface area contributed by atoms with Crippen molar-refractivity contribution in [1.82, 2.24) is 4.98 Å². The van der Waals surface area contributed by atoms with Crippen LogP contribution in [0.5, 0.6) is 0 Å². The Balaban J connectivity index is 2.18. The molecule has 2 heterocycles. The van der Waals surface area contributed by atoms with Gasteiger partial charge in [0.05, 0.1) is 29.9 Å². The lowest BCUT2D eigenvalue weighted by atomic mass is 10.2. The molecule has 0 aromatic carbocycles. The van der Waals surface area contributed by atoms with E-state index in [0.717, 1.165) is 12.2 Å². The van der Waals surface area contributed by atoms with E-state index >= 15 is 0 Å². The Morgan fingerprint density at radius 1 is 1.67 bits per heavy atom. The third kappa shape index (κ3) is 2.20. The monoisotopic (exact) mass is 223 g/mol. The van der Waals surface area contributed by atoms with Crippen LogP contribution in [0.3, 0.4) is 0 Å². The molecule has 1 unspecified atom stereocenters. The number of morpholine rings is 1. The summed E-state index contributed by atoms with van der Waals surface area (Å²) in [5.74, 6) is 0. The van der Waals surface area contributed by atoms with E-state index in [4.69, 9.17) is 21.6 Å². The summed E-state index contributed by atoms with van der Waals surface area (Å²) in [6, 6.07) is 3.95. The quantitative estimate of drug-likeness (QED) is 0.723. The van der Waals surface area contributed by atoms with Crippen LogP contribution in [-0.2, 0) is 4.74 Å². The first-order valence-electron chi connectivity index (χ1n) is 4.67. The van der Waals surface area contributed by atoms with Gasteiger partial charge < -0.3 is 9.64 Å². The van der Waals surface area contributed by atoms with Crippen molar-refractivity contribution in [3.05, 3.63) is 23.5 Å². The van der Waals surface area contributed by atoms with Crippen LogP contribution in [-0.4, -0.2) is 30.8 Å². The molecule has 5 heteroatoms. The molecule has 15 heavy (non-hydrogen) atoms. The molecule has 4 nitrogen and oxygen atoms in total. The second kappa shape index (κ2) is 4.47. The largest absolute Gasteiger partial charge is 0.364 e. The lowest BCUT2D eigenvalue weighted by Gasteiger charge is -2.31. The number of nitrogens with zero attached hydrogens (tertiary/aromatic N) is 3. The topological polar surface area (TPSA) is 49.2 Å². The van der Waals surface area contributed by atoms with Crippen LogP contribution in [0.2, 0.25) is 5.02 Å². The minimum atomic E-state index is -0.372. The molecule has 0 saturated carbocycles. The van der Waals surface area contributed by atoms with Gasteiger partial charge in [0.1, 0.15) is 0 Å². The SMILES string of the molecule is N#CC1CN(c2ccncc2Cl)CCO1. The molecule has 0 N–H and O–H groups in total. The first-order chi connectivity index (χ1) is 7.31. The number of halogens is 1. The molecule has 1 fully saturated rings. The van der Waals surface area contributed by atoms with Crippen molar-refractivity contribution in [2.24, 2.45) is 0 Å². The summed E-state index contributed by atoms with van der Waals surface area (Å²) in [6.07, 6.45) is 2.93. The number of hydrogen-bond acceptors (Lipinski definition) is 4. The molecular formula is C10H10ClN3O. The highest BCUT2D eigenvalue weighted by Crippen LogP contribution is 2.25. The molecule has 1 atom stereocenters. The van der Waals surface area contributed by atoms with Crippen LogP contribution < -0.4 is 4.90 Å². The molecule has 78 valence electrons. The van der Waals surface area contributed by atoms with E-state index in [2.05, 4.69) is 11.1 Å². The molecule has 1 aromatic heterocycles. The average molecular weight is 224 g/mol. The Kier molecular flexibility index (Phi) is 3.05. The zero-order valence-corrected chi connectivity index (χ0v) is 8.81. The molecule has 1 aromatic rings. The van der Waals surface area contributed by atoms with Crippen LogP contribution in [0.25, 0.3) is 0 Å². The van der Waals surface area contributed by atoms with Crippen LogP contribution in [0.4, 0.5) is 5.69 Å². The maximum Gasteiger partial charge on any atom is 0.161 e. The van der Waals surface area contributed by atoms with Crippen molar-refractivity contribution in [2.75, 3.05) is 24.6 Å². The number of nitriles is 1. The smallest absolute Gasteiger partial charge is 0.161 e. The van der Waals surface area contributed by atoms with E-state index in [1.807, 2.05) is 11.0 Å². The highest BCUT2D eigenvalue weighted by atomic mass is 35.5. The summed E-state index contributed by atoms with van der Waals surface area (Å²) in [4.78, 5) is 5.97. The summed E-state index contributed by atoms with van der Waals surface area (Å²) in [5.41, 5.74) is 0.912. The third-order valence-electron chi connectivity index (χ3n) is 2.30. The van der Waals surface area contributed by atoms with Gasteiger partial charge >= 0.3 is 0 Å². The van der Waals surface area contributed by atoms with Gasteiger partial charge in [-0.15, -0.1) is 0 Å². The Morgan fingerprint density at radius 3 is 3.27 bits per heavy atom. The third-order valence-corrected chi connectivity index (χ3v) is 2.59. The Morgan fingerprint density at radius 2 is 2.53 bits per heavy atom. The van der Waals surface area contributed by atoms with Gasteiger partial charge in [0.2, 0.25) is 0 Å². The van der Waals surface area contributed by atoms with Gasteiger partial charge in [-0.25, -0.2) is 0 Å². The summed E-state index contributed by atoms with van der Waals surface area (Å²) in [6.45, 7) is 1.86. The predicted molar refractivity (Wildman–Crippen MR) is 56.8 cm³/mol. The number of ether oxygens (including phenoxy) is 1. The maximum absolute atomic E-state index is 8.78. The first kappa shape index (κ1) is 10.2. The van der Waals surface area contributed by atoms with Gasteiger partial charge in [-0.1, -0.05) is 11.6 Å². The lowest BCUT2D eigenvalue weighted by molar-refractivity contribution is 0.0764. The Bertz CT molecular complexity index is 390. The summed E-state index contributed by atoms with van der Waals surface area (Å²) >= 11 is 6.02. The fraction of sp³-hybridized carbons (Fsp3) is 0.400. The van der Waals surface area contributed by atoms with Crippen molar-refractivity contribution in [1.29, 1.82) is 5.26 Å². The minimum Gasteiger partial charge on any atom is -0.364 e. The van der Waals surface area contributed by atoms with Gasteiger partial charge in [-0.3, -0.25) is 4.98 Å². The van der Waals surface area contributed by atoms with Crippen molar-refractivity contribution >= 4 is 17.3 Å². The van der Waals surface area contributed by atoms with E-state index in [9.17, 15) is 0 Å². The fourth-order valence-electron chi connectivity index (χ4n) is 1.57. The maximum atomic E-state index is 8.78. The summed E-state index contributed by atoms with van der Waals surface area (Å²) in [5, 5.41) is 9.39. The average Bonchev–Trinajstić information content (AvgIpc) is 2.30. The zero-order valence-electron chi connectivity index (χ0n) is 8.06. The Hall–Kier alpha value is -1.31.